The number of hydroxylamine groups is 2. The van der Waals surface area contributed by atoms with E-state index >= 15 is 0 Å². The molecule has 2 rings (SSSR count). The second kappa shape index (κ2) is 5.55. The summed E-state index contributed by atoms with van der Waals surface area (Å²) in [4.78, 5) is 28.5. The van der Waals surface area contributed by atoms with Gasteiger partial charge < -0.3 is 10.2 Å². The average molecular weight is 246 g/mol. The van der Waals surface area contributed by atoms with Gasteiger partial charge in [-0.1, -0.05) is 18.2 Å². The molecule has 5 heteroatoms. The second-order valence-corrected chi connectivity index (χ2v) is 4.09. The Kier molecular flexibility index (Phi) is 3.84. The second-order valence-electron chi connectivity index (χ2n) is 4.09. The molecule has 1 unspecified atom stereocenters. The summed E-state index contributed by atoms with van der Waals surface area (Å²) in [6, 6.07) is 8.13. The number of nitrogens with one attached hydrogen (secondary N) is 1. The lowest BCUT2D eigenvalue weighted by Crippen LogP contribution is -2.38. The van der Waals surface area contributed by atoms with Crippen molar-refractivity contribution in [3.05, 3.63) is 35.9 Å². The molecule has 1 atom stereocenters. The van der Waals surface area contributed by atoms with E-state index in [9.17, 15) is 9.59 Å². The third-order valence-corrected chi connectivity index (χ3v) is 2.88. The van der Waals surface area contributed by atoms with Crippen molar-refractivity contribution in [1.82, 2.24) is 5.06 Å². The minimum absolute atomic E-state index is 0.326. The van der Waals surface area contributed by atoms with Gasteiger partial charge in [-0.2, -0.15) is 0 Å². The predicted octanol–water partition coefficient (Wildman–Crippen LogP) is 1.44. The number of Topliss-reactive ketones (excluding diaryl/α,β-unsaturated/α-hetero) is 1. The Bertz CT molecular complexity index is 459. The molecule has 1 aromatic carbocycles. The molecule has 0 aromatic heterocycles. The fraction of sp³-hybridized carbons (Fsp3) is 0.308. The molecule has 0 aliphatic carbocycles. The van der Waals surface area contributed by atoms with E-state index in [1.54, 1.807) is 24.3 Å². The van der Waals surface area contributed by atoms with Gasteiger partial charge in [-0.3, -0.25) is 4.79 Å². The van der Waals surface area contributed by atoms with Crippen LogP contribution in [-0.2, 0) is 9.63 Å². The molecule has 1 aliphatic heterocycles. The number of carbonyl (C=O) groups is 2. The van der Waals surface area contributed by atoms with Gasteiger partial charge in [0, 0.05) is 6.54 Å². The Morgan fingerprint density at radius 1 is 1.33 bits per heavy atom. The third kappa shape index (κ3) is 2.62. The normalized spacial score (nSPS) is 19.4. The van der Waals surface area contributed by atoms with Gasteiger partial charge in [0.1, 0.15) is 6.04 Å². The minimum Gasteiger partial charge on any atom is -0.363 e. The lowest BCUT2D eigenvalue weighted by molar-refractivity contribution is -0.141. The molecule has 94 valence electrons. The molecule has 0 radical (unpaired) electrons. The zero-order chi connectivity index (χ0) is 13.0. The summed E-state index contributed by atoms with van der Waals surface area (Å²) in [6.45, 7) is 0.531. The monoisotopic (exact) mass is 246 g/mol. The first kappa shape index (κ1) is 12.4. The Morgan fingerprint density at radius 2 is 2.06 bits per heavy atom. The van der Waals surface area contributed by atoms with Crippen LogP contribution in [0.25, 0.3) is 0 Å². The van der Waals surface area contributed by atoms with E-state index in [2.05, 4.69) is 0 Å². The van der Waals surface area contributed by atoms with Gasteiger partial charge in [0.05, 0.1) is 11.8 Å². The molecule has 1 fully saturated rings. The van der Waals surface area contributed by atoms with Crippen molar-refractivity contribution in [3.63, 3.8) is 0 Å². The number of ketones is 1. The summed E-state index contributed by atoms with van der Waals surface area (Å²) in [5, 5.41) is 8.35. The fourth-order valence-corrected chi connectivity index (χ4v) is 1.96. The summed E-state index contributed by atoms with van der Waals surface area (Å²) in [7, 11) is 0. The van der Waals surface area contributed by atoms with Crippen LogP contribution in [0.5, 0.6) is 0 Å². The van der Waals surface area contributed by atoms with Gasteiger partial charge in [0.15, 0.2) is 5.78 Å². The van der Waals surface area contributed by atoms with Gasteiger partial charge in [-0.25, -0.2) is 4.79 Å². The van der Waals surface area contributed by atoms with E-state index in [0.29, 0.717) is 18.5 Å². The van der Waals surface area contributed by atoms with Crippen LogP contribution < -0.4 is 0 Å². The number of hydrogen-bond acceptors (Lipinski definition) is 5. The Morgan fingerprint density at radius 3 is 2.72 bits per heavy atom. The summed E-state index contributed by atoms with van der Waals surface area (Å²) in [5.74, 6) is -0.798. The van der Waals surface area contributed by atoms with Gasteiger partial charge >= 0.3 is 5.97 Å². The van der Waals surface area contributed by atoms with Crippen molar-refractivity contribution >= 4 is 18.0 Å². The van der Waals surface area contributed by atoms with Crippen molar-refractivity contribution in [2.75, 3.05) is 6.54 Å². The van der Waals surface area contributed by atoms with E-state index in [1.807, 2.05) is 6.07 Å². The number of rotatable bonds is 4. The first-order valence-electron chi connectivity index (χ1n) is 5.80. The van der Waals surface area contributed by atoms with Crippen LogP contribution in [0.4, 0.5) is 0 Å². The van der Waals surface area contributed by atoms with Gasteiger partial charge in [0.25, 0.3) is 0 Å². The van der Waals surface area contributed by atoms with Crippen LogP contribution in [0.3, 0.4) is 0 Å². The summed E-state index contributed by atoms with van der Waals surface area (Å²) in [6.07, 6.45) is 2.18. The summed E-state index contributed by atoms with van der Waals surface area (Å²) >= 11 is 0. The van der Waals surface area contributed by atoms with Crippen molar-refractivity contribution in [1.29, 1.82) is 5.41 Å². The molecule has 1 aliphatic rings. The highest BCUT2D eigenvalue weighted by molar-refractivity contribution is 6.28. The zero-order valence-corrected chi connectivity index (χ0v) is 9.83. The molecule has 1 saturated heterocycles. The smallest absolute Gasteiger partial charge is 0.357 e. The number of carbonyl (C=O) groups excluding carboxylic acids is 2. The van der Waals surface area contributed by atoms with Gasteiger partial charge in [0.2, 0.25) is 0 Å². The Hall–Kier alpha value is -2.01. The molecule has 18 heavy (non-hydrogen) atoms. The standard InChI is InChI=1S/C13H14N2O3/c14-9-12(16)11-7-4-8-15(11)18-13(17)10-5-2-1-3-6-10/h1-3,5-6,9,11,14H,4,7-8H2. The number of benzene rings is 1. The SMILES string of the molecule is N=CC(=O)C1CCCN1OC(=O)c1ccccc1. The van der Waals surface area contributed by atoms with Crippen LogP contribution in [0, 0.1) is 5.41 Å². The van der Waals surface area contributed by atoms with Crippen LogP contribution in [-0.4, -0.2) is 35.6 Å². The number of nitrogens with zero attached hydrogens (tertiary/aromatic N) is 1. The lowest BCUT2D eigenvalue weighted by atomic mass is 10.1. The molecule has 1 heterocycles. The molecular weight excluding hydrogens is 232 g/mol. The van der Waals surface area contributed by atoms with E-state index in [-0.39, 0.29) is 5.78 Å². The lowest BCUT2D eigenvalue weighted by Gasteiger charge is -2.20. The third-order valence-electron chi connectivity index (χ3n) is 2.88. The Labute approximate surface area is 105 Å². The summed E-state index contributed by atoms with van der Waals surface area (Å²) in [5.41, 5.74) is 0.449. The minimum atomic E-state index is -0.504. The maximum atomic E-state index is 11.8. The molecule has 0 bridgehead atoms. The zero-order valence-electron chi connectivity index (χ0n) is 9.83. The molecule has 0 amide bonds. The van der Waals surface area contributed by atoms with E-state index < -0.39 is 12.0 Å². The molecule has 1 aromatic rings. The molecule has 0 spiro atoms. The molecule has 5 nitrogen and oxygen atoms in total. The summed E-state index contributed by atoms with van der Waals surface area (Å²) < 4.78 is 0. The van der Waals surface area contributed by atoms with Crippen LogP contribution in [0.1, 0.15) is 23.2 Å². The van der Waals surface area contributed by atoms with E-state index in [0.717, 1.165) is 12.6 Å². The fourth-order valence-electron chi connectivity index (χ4n) is 1.96. The largest absolute Gasteiger partial charge is 0.363 e. The molecular formula is C13H14N2O3. The topological polar surface area (TPSA) is 70.5 Å². The van der Waals surface area contributed by atoms with Crippen LogP contribution >= 0.6 is 0 Å². The average Bonchev–Trinajstić information content (AvgIpc) is 2.87. The highest BCUT2D eigenvalue weighted by Gasteiger charge is 2.32. The van der Waals surface area contributed by atoms with Crippen LogP contribution in [0.15, 0.2) is 30.3 Å². The number of hydrogen-bond donors (Lipinski definition) is 1. The molecule has 1 N–H and O–H groups in total. The first-order valence-corrected chi connectivity index (χ1v) is 5.80. The molecule has 0 saturated carbocycles. The quantitative estimate of drug-likeness (QED) is 0.816. The van der Waals surface area contributed by atoms with Crippen LogP contribution in [0.2, 0.25) is 0 Å². The highest BCUT2D eigenvalue weighted by atomic mass is 16.7. The van der Waals surface area contributed by atoms with E-state index in [4.69, 9.17) is 10.2 Å². The maximum absolute atomic E-state index is 11.8. The van der Waals surface area contributed by atoms with Crippen molar-refractivity contribution in [2.24, 2.45) is 0 Å². The first-order chi connectivity index (χ1) is 8.72. The Balaban J connectivity index is 2.03. The van der Waals surface area contributed by atoms with Gasteiger partial charge in [-0.15, -0.1) is 5.06 Å². The predicted molar refractivity (Wildman–Crippen MR) is 65.4 cm³/mol. The van der Waals surface area contributed by atoms with Gasteiger partial charge in [-0.05, 0) is 25.0 Å². The van der Waals surface area contributed by atoms with Crippen molar-refractivity contribution in [2.45, 2.75) is 18.9 Å². The maximum Gasteiger partial charge on any atom is 0.357 e. The van der Waals surface area contributed by atoms with Crippen molar-refractivity contribution in [3.8, 4) is 0 Å². The van der Waals surface area contributed by atoms with Crippen molar-refractivity contribution < 1.29 is 14.4 Å². The van der Waals surface area contributed by atoms with E-state index in [1.165, 1.54) is 5.06 Å². The highest BCUT2D eigenvalue weighted by Crippen LogP contribution is 2.19.